The minimum atomic E-state index is -0.502. The van der Waals surface area contributed by atoms with E-state index in [-0.39, 0.29) is 11.8 Å². The third-order valence-corrected chi connectivity index (χ3v) is 4.77. The highest BCUT2D eigenvalue weighted by Crippen LogP contribution is 2.29. The summed E-state index contributed by atoms with van der Waals surface area (Å²) in [6.07, 6.45) is 0.800. The summed E-state index contributed by atoms with van der Waals surface area (Å²) in [6.45, 7) is 4.96. The van der Waals surface area contributed by atoms with Crippen LogP contribution in [0.3, 0.4) is 0 Å². The summed E-state index contributed by atoms with van der Waals surface area (Å²) in [5.74, 6) is -1.13. The molecule has 0 aliphatic heterocycles. The molecule has 2 atom stereocenters. The molecule has 2 aromatic carbocycles. The first-order valence-electron chi connectivity index (χ1n) is 9.82. The highest BCUT2D eigenvalue weighted by molar-refractivity contribution is 5.96. The lowest BCUT2D eigenvalue weighted by Crippen LogP contribution is -2.27. The number of hydrogen-bond donors (Lipinski definition) is 2. The minimum absolute atomic E-state index is 0.0670. The number of hydrogen-bond acceptors (Lipinski definition) is 5. The highest BCUT2D eigenvalue weighted by atomic mass is 16.5. The number of nitrogens with one attached hydrogen (secondary N) is 2. The number of amides is 2. The predicted molar refractivity (Wildman–Crippen MR) is 116 cm³/mol. The molecule has 2 aromatic rings. The summed E-state index contributed by atoms with van der Waals surface area (Å²) >= 11 is 0. The summed E-state index contributed by atoms with van der Waals surface area (Å²) in [5, 5.41) is 5.30. The maximum atomic E-state index is 12.7. The van der Waals surface area contributed by atoms with Crippen LogP contribution in [0.5, 0.6) is 5.75 Å². The number of rotatable bonds is 9. The predicted octanol–water partition coefficient (Wildman–Crippen LogP) is 3.97. The van der Waals surface area contributed by atoms with E-state index in [0.717, 1.165) is 12.0 Å². The lowest BCUT2D eigenvalue weighted by atomic mass is 9.86. The van der Waals surface area contributed by atoms with Gasteiger partial charge in [0.15, 0.2) is 6.61 Å². The molecule has 0 fully saturated rings. The molecule has 7 heteroatoms. The van der Waals surface area contributed by atoms with Gasteiger partial charge in [-0.1, -0.05) is 50.6 Å². The number of ether oxygens (including phenoxy) is 2. The van der Waals surface area contributed by atoms with E-state index in [1.54, 1.807) is 18.2 Å². The molecule has 0 heterocycles. The molecule has 7 nitrogen and oxygen atoms in total. The molecule has 0 saturated heterocycles. The fourth-order valence-electron chi connectivity index (χ4n) is 3.09. The fourth-order valence-corrected chi connectivity index (χ4v) is 3.09. The van der Waals surface area contributed by atoms with Gasteiger partial charge in [0.2, 0.25) is 5.91 Å². The first-order valence-corrected chi connectivity index (χ1v) is 9.82. The van der Waals surface area contributed by atoms with Crippen molar-refractivity contribution in [2.24, 2.45) is 5.92 Å². The molecular formula is C23H28N2O5. The van der Waals surface area contributed by atoms with Gasteiger partial charge in [0.05, 0.1) is 18.7 Å². The Labute approximate surface area is 176 Å². The Bertz CT molecular complexity index is 882. The highest BCUT2D eigenvalue weighted by Gasteiger charge is 2.27. The zero-order chi connectivity index (χ0) is 22.1. The average molecular weight is 412 g/mol. The molecule has 0 saturated carbocycles. The molecule has 0 radical (unpaired) electrons. The van der Waals surface area contributed by atoms with Crippen molar-refractivity contribution < 1.29 is 23.9 Å². The van der Waals surface area contributed by atoms with Crippen molar-refractivity contribution in [2.45, 2.75) is 33.1 Å². The van der Waals surface area contributed by atoms with E-state index in [9.17, 15) is 14.4 Å². The quantitative estimate of drug-likeness (QED) is 0.608. The van der Waals surface area contributed by atoms with Gasteiger partial charge in [0.25, 0.3) is 5.91 Å². The lowest BCUT2D eigenvalue weighted by molar-refractivity contribution is -0.150. The smallest absolute Gasteiger partial charge is 0.314 e. The van der Waals surface area contributed by atoms with E-state index in [1.807, 2.05) is 44.2 Å². The van der Waals surface area contributed by atoms with E-state index in [2.05, 4.69) is 10.6 Å². The number of methoxy groups -OCH3 is 1. The molecule has 30 heavy (non-hydrogen) atoms. The molecule has 2 rings (SSSR count). The minimum Gasteiger partial charge on any atom is -0.495 e. The number of carbonyl (C=O) groups excluding carboxylic acids is 3. The van der Waals surface area contributed by atoms with Gasteiger partial charge in [-0.25, -0.2) is 0 Å². The van der Waals surface area contributed by atoms with Crippen LogP contribution in [0, 0.1) is 5.92 Å². The molecule has 0 aliphatic rings. The monoisotopic (exact) mass is 412 g/mol. The van der Waals surface area contributed by atoms with Crippen LogP contribution in [0.15, 0.2) is 48.5 Å². The Morgan fingerprint density at radius 1 is 1.03 bits per heavy atom. The topological polar surface area (TPSA) is 93.7 Å². The molecule has 0 unspecified atom stereocenters. The normalized spacial score (nSPS) is 12.4. The number of anilines is 2. The molecule has 0 aliphatic carbocycles. The summed E-state index contributed by atoms with van der Waals surface area (Å²) < 4.78 is 10.6. The van der Waals surface area contributed by atoms with Crippen LogP contribution in [-0.2, 0) is 19.1 Å². The average Bonchev–Trinajstić information content (AvgIpc) is 2.73. The van der Waals surface area contributed by atoms with Crippen molar-refractivity contribution in [3.63, 3.8) is 0 Å². The van der Waals surface area contributed by atoms with E-state index in [0.29, 0.717) is 17.1 Å². The van der Waals surface area contributed by atoms with Crippen molar-refractivity contribution in [3.8, 4) is 5.75 Å². The number of benzene rings is 2. The second kappa shape index (κ2) is 11.0. The zero-order valence-corrected chi connectivity index (χ0v) is 17.7. The van der Waals surface area contributed by atoms with Crippen LogP contribution in [0.4, 0.5) is 11.4 Å². The second-order valence-electron chi connectivity index (χ2n) is 7.03. The van der Waals surface area contributed by atoms with Crippen LogP contribution in [0.2, 0.25) is 0 Å². The summed E-state index contributed by atoms with van der Waals surface area (Å²) in [6, 6.07) is 14.3. The Morgan fingerprint density at radius 3 is 2.33 bits per heavy atom. The van der Waals surface area contributed by atoms with Gasteiger partial charge in [-0.15, -0.1) is 0 Å². The van der Waals surface area contributed by atoms with Crippen LogP contribution in [0.25, 0.3) is 0 Å². The van der Waals surface area contributed by atoms with Crippen LogP contribution >= 0.6 is 0 Å². The molecule has 0 aromatic heterocycles. The largest absolute Gasteiger partial charge is 0.495 e. The number of esters is 1. The first kappa shape index (κ1) is 22.9. The van der Waals surface area contributed by atoms with E-state index in [1.165, 1.54) is 14.0 Å². The zero-order valence-electron chi connectivity index (χ0n) is 17.7. The Hall–Kier alpha value is -3.35. The van der Waals surface area contributed by atoms with Gasteiger partial charge in [0.1, 0.15) is 5.75 Å². The summed E-state index contributed by atoms with van der Waals surface area (Å²) in [7, 11) is 1.47. The maximum Gasteiger partial charge on any atom is 0.314 e. The van der Waals surface area contributed by atoms with Gasteiger partial charge in [-0.05, 0) is 29.7 Å². The summed E-state index contributed by atoms with van der Waals surface area (Å²) in [4.78, 5) is 36.4. The van der Waals surface area contributed by atoms with Crippen LogP contribution < -0.4 is 15.4 Å². The Balaban J connectivity index is 2.05. The second-order valence-corrected chi connectivity index (χ2v) is 7.03. The van der Waals surface area contributed by atoms with E-state index in [4.69, 9.17) is 9.47 Å². The van der Waals surface area contributed by atoms with Gasteiger partial charge < -0.3 is 20.1 Å². The molecule has 160 valence electrons. The Morgan fingerprint density at radius 2 is 1.73 bits per heavy atom. The summed E-state index contributed by atoms with van der Waals surface area (Å²) in [5.41, 5.74) is 1.74. The van der Waals surface area contributed by atoms with E-state index < -0.39 is 24.4 Å². The maximum absolute atomic E-state index is 12.7. The van der Waals surface area contributed by atoms with E-state index >= 15 is 0 Å². The third kappa shape index (κ3) is 6.34. The first-order chi connectivity index (χ1) is 14.3. The lowest BCUT2D eigenvalue weighted by Gasteiger charge is -2.22. The van der Waals surface area contributed by atoms with Gasteiger partial charge in [0, 0.05) is 12.6 Å². The van der Waals surface area contributed by atoms with Crippen LogP contribution in [-0.4, -0.2) is 31.5 Å². The van der Waals surface area contributed by atoms with Crippen molar-refractivity contribution in [1.29, 1.82) is 0 Å². The standard InChI is InChI=1S/C23H28N2O5/c1-5-15(2)22(17-9-7-6-8-10-17)23(28)30-14-21(27)25-19-13-18(24-16(3)26)11-12-20(19)29-4/h6-13,15,22H,5,14H2,1-4H3,(H,24,26)(H,25,27)/t15-,22+/m0/s1. The van der Waals surface area contributed by atoms with Crippen molar-refractivity contribution in [2.75, 3.05) is 24.4 Å². The molecule has 0 spiro atoms. The molecule has 0 bridgehead atoms. The molecular weight excluding hydrogens is 384 g/mol. The number of carbonyl (C=O) groups is 3. The third-order valence-electron chi connectivity index (χ3n) is 4.77. The van der Waals surface area contributed by atoms with Gasteiger partial charge in [-0.3, -0.25) is 14.4 Å². The van der Waals surface area contributed by atoms with Crippen LogP contribution in [0.1, 0.15) is 38.7 Å². The van der Waals surface area contributed by atoms with Gasteiger partial charge in [-0.2, -0.15) is 0 Å². The molecule has 2 N–H and O–H groups in total. The molecule has 2 amide bonds. The fraction of sp³-hybridized carbons (Fsp3) is 0.348. The SMILES string of the molecule is CC[C@H](C)[C@@H](C(=O)OCC(=O)Nc1cc(NC(C)=O)ccc1OC)c1ccccc1. The Kier molecular flexibility index (Phi) is 8.41. The van der Waals surface area contributed by atoms with Gasteiger partial charge >= 0.3 is 5.97 Å². The van der Waals surface area contributed by atoms with Crippen molar-refractivity contribution in [1.82, 2.24) is 0 Å². The van der Waals surface area contributed by atoms with Crippen molar-refractivity contribution in [3.05, 3.63) is 54.1 Å². The van der Waals surface area contributed by atoms with Crippen molar-refractivity contribution >= 4 is 29.2 Å².